The van der Waals surface area contributed by atoms with Gasteiger partial charge in [-0.1, -0.05) is 23.9 Å². The van der Waals surface area contributed by atoms with Gasteiger partial charge in [0.25, 0.3) is 0 Å². The van der Waals surface area contributed by atoms with Gasteiger partial charge in [0, 0.05) is 5.75 Å². The number of hydrogen-bond acceptors (Lipinski definition) is 4. The van der Waals surface area contributed by atoms with Gasteiger partial charge < -0.3 is 15.2 Å². The molecule has 1 aromatic heterocycles. The van der Waals surface area contributed by atoms with E-state index in [4.69, 9.17) is 5.11 Å². The predicted molar refractivity (Wildman–Crippen MR) is 59.9 cm³/mol. The second-order valence-corrected chi connectivity index (χ2v) is 4.22. The number of aromatic amines is 1. The molecular weight excluding hydrogens is 212 g/mol. The Balaban J connectivity index is 2.09. The van der Waals surface area contributed by atoms with E-state index in [2.05, 4.69) is 9.97 Å². The molecular formula is C10H12N2O2S. The number of imidazole rings is 1. The number of H-pyrrole nitrogens is 1. The molecule has 5 heteroatoms. The highest BCUT2D eigenvalue weighted by Gasteiger charge is 2.06. The SMILES string of the molecule is OCC(O)CSc1nc2ccccc2[nH]1. The summed E-state index contributed by atoms with van der Waals surface area (Å²) in [5.41, 5.74) is 1.90. The van der Waals surface area contributed by atoms with Crippen LogP contribution in [0.3, 0.4) is 0 Å². The molecule has 0 fully saturated rings. The van der Waals surface area contributed by atoms with Crippen LogP contribution in [0.25, 0.3) is 11.0 Å². The molecule has 2 aromatic rings. The molecule has 15 heavy (non-hydrogen) atoms. The maximum atomic E-state index is 9.18. The molecule has 0 amide bonds. The van der Waals surface area contributed by atoms with E-state index in [0.29, 0.717) is 5.75 Å². The van der Waals surface area contributed by atoms with Crippen molar-refractivity contribution in [2.24, 2.45) is 0 Å². The summed E-state index contributed by atoms with van der Waals surface area (Å²) in [6.07, 6.45) is -0.691. The molecule has 0 aliphatic rings. The Labute approximate surface area is 91.3 Å². The number of nitrogens with one attached hydrogen (secondary N) is 1. The smallest absolute Gasteiger partial charge is 0.166 e. The largest absolute Gasteiger partial charge is 0.394 e. The number of hydrogen-bond donors (Lipinski definition) is 3. The number of rotatable bonds is 4. The number of aliphatic hydroxyl groups excluding tert-OH is 2. The molecule has 0 aliphatic heterocycles. The van der Waals surface area contributed by atoms with E-state index in [9.17, 15) is 5.11 Å². The Bertz CT molecular complexity index is 411. The van der Waals surface area contributed by atoms with Crippen LogP contribution in [0.4, 0.5) is 0 Å². The molecule has 2 rings (SSSR count). The highest BCUT2D eigenvalue weighted by atomic mass is 32.2. The fourth-order valence-electron chi connectivity index (χ4n) is 1.23. The molecule has 1 heterocycles. The van der Waals surface area contributed by atoms with Gasteiger partial charge in [0.05, 0.1) is 23.7 Å². The van der Waals surface area contributed by atoms with E-state index in [-0.39, 0.29) is 6.61 Å². The second kappa shape index (κ2) is 4.65. The number of benzene rings is 1. The number of para-hydroxylation sites is 2. The van der Waals surface area contributed by atoms with Crippen molar-refractivity contribution in [2.75, 3.05) is 12.4 Å². The fraction of sp³-hybridized carbons (Fsp3) is 0.300. The Morgan fingerprint density at radius 2 is 2.20 bits per heavy atom. The lowest BCUT2D eigenvalue weighted by molar-refractivity contribution is 0.113. The van der Waals surface area contributed by atoms with Crippen LogP contribution in [0.1, 0.15) is 0 Å². The predicted octanol–water partition coefficient (Wildman–Crippen LogP) is 1.01. The summed E-state index contributed by atoms with van der Waals surface area (Å²) < 4.78 is 0. The van der Waals surface area contributed by atoms with Gasteiger partial charge in [-0.25, -0.2) is 4.98 Å². The zero-order valence-corrected chi connectivity index (χ0v) is 8.87. The highest BCUT2D eigenvalue weighted by Crippen LogP contribution is 2.19. The number of aliphatic hydroxyl groups is 2. The van der Waals surface area contributed by atoms with Crippen LogP contribution in [-0.2, 0) is 0 Å². The Hall–Kier alpha value is -1.04. The number of thioether (sulfide) groups is 1. The summed E-state index contributed by atoms with van der Waals surface area (Å²) in [6, 6.07) is 7.75. The molecule has 0 spiro atoms. The van der Waals surface area contributed by atoms with Crippen molar-refractivity contribution in [1.82, 2.24) is 9.97 Å². The molecule has 80 valence electrons. The van der Waals surface area contributed by atoms with Gasteiger partial charge in [0.2, 0.25) is 0 Å². The average molecular weight is 224 g/mol. The van der Waals surface area contributed by atoms with Gasteiger partial charge in [-0.3, -0.25) is 0 Å². The van der Waals surface area contributed by atoms with E-state index in [1.165, 1.54) is 11.8 Å². The summed E-state index contributed by atoms with van der Waals surface area (Å²) in [4.78, 5) is 7.47. The van der Waals surface area contributed by atoms with Crippen LogP contribution in [0.2, 0.25) is 0 Å². The first kappa shape index (κ1) is 10.5. The first-order chi connectivity index (χ1) is 7.29. The molecule has 0 radical (unpaired) electrons. The Morgan fingerprint density at radius 3 is 2.93 bits per heavy atom. The standard InChI is InChI=1S/C10H12N2O2S/c13-5-7(14)6-15-10-11-8-3-1-2-4-9(8)12-10/h1-4,7,13-14H,5-6H2,(H,11,12). The van der Waals surface area contributed by atoms with Crippen molar-refractivity contribution in [2.45, 2.75) is 11.3 Å². The van der Waals surface area contributed by atoms with Gasteiger partial charge >= 0.3 is 0 Å². The molecule has 1 unspecified atom stereocenters. The zero-order valence-electron chi connectivity index (χ0n) is 8.05. The Kier molecular flexibility index (Phi) is 3.25. The Morgan fingerprint density at radius 1 is 1.40 bits per heavy atom. The van der Waals surface area contributed by atoms with Crippen LogP contribution in [0.15, 0.2) is 29.4 Å². The lowest BCUT2D eigenvalue weighted by Crippen LogP contribution is -2.14. The quantitative estimate of drug-likeness (QED) is 0.678. The first-order valence-electron chi connectivity index (χ1n) is 4.66. The summed E-state index contributed by atoms with van der Waals surface area (Å²) >= 11 is 1.40. The van der Waals surface area contributed by atoms with Crippen molar-refractivity contribution in [3.8, 4) is 0 Å². The molecule has 0 bridgehead atoms. The first-order valence-corrected chi connectivity index (χ1v) is 5.64. The average Bonchev–Trinajstić information content (AvgIpc) is 2.68. The fourth-order valence-corrected chi connectivity index (χ4v) is 2.03. The number of nitrogens with zero attached hydrogens (tertiary/aromatic N) is 1. The molecule has 1 aromatic carbocycles. The second-order valence-electron chi connectivity index (χ2n) is 3.21. The van der Waals surface area contributed by atoms with Gasteiger partial charge in [0.1, 0.15) is 0 Å². The van der Waals surface area contributed by atoms with Crippen LogP contribution in [0.5, 0.6) is 0 Å². The van der Waals surface area contributed by atoms with E-state index < -0.39 is 6.10 Å². The molecule has 4 nitrogen and oxygen atoms in total. The van der Waals surface area contributed by atoms with Crippen molar-refractivity contribution in [3.63, 3.8) is 0 Å². The topological polar surface area (TPSA) is 69.1 Å². The van der Waals surface area contributed by atoms with Crippen molar-refractivity contribution < 1.29 is 10.2 Å². The van der Waals surface area contributed by atoms with Crippen molar-refractivity contribution in [3.05, 3.63) is 24.3 Å². The third kappa shape index (κ3) is 2.50. The number of fused-ring (bicyclic) bond motifs is 1. The normalized spacial score (nSPS) is 13.2. The molecule has 0 aliphatic carbocycles. The zero-order chi connectivity index (χ0) is 10.7. The van der Waals surface area contributed by atoms with E-state index in [0.717, 1.165) is 16.2 Å². The molecule has 0 saturated carbocycles. The maximum absolute atomic E-state index is 9.18. The van der Waals surface area contributed by atoms with Crippen molar-refractivity contribution in [1.29, 1.82) is 0 Å². The molecule has 1 atom stereocenters. The summed E-state index contributed by atoms with van der Waals surface area (Å²) in [7, 11) is 0. The van der Waals surface area contributed by atoms with Gasteiger partial charge in [-0.2, -0.15) is 0 Å². The van der Waals surface area contributed by atoms with Gasteiger partial charge in [0.15, 0.2) is 5.16 Å². The lowest BCUT2D eigenvalue weighted by atomic mass is 10.3. The van der Waals surface area contributed by atoms with Crippen LogP contribution < -0.4 is 0 Å². The highest BCUT2D eigenvalue weighted by molar-refractivity contribution is 7.99. The van der Waals surface area contributed by atoms with Crippen LogP contribution in [-0.4, -0.2) is 38.6 Å². The number of aromatic nitrogens is 2. The van der Waals surface area contributed by atoms with Crippen molar-refractivity contribution >= 4 is 22.8 Å². The van der Waals surface area contributed by atoms with Crippen LogP contribution >= 0.6 is 11.8 Å². The van der Waals surface area contributed by atoms with E-state index in [1.807, 2.05) is 24.3 Å². The summed E-state index contributed by atoms with van der Waals surface area (Å²) in [5, 5.41) is 18.6. The van der Waals surface area contributed by atoms with Gasteiger partial charge in [-0.15, -0.1) is 0 Å². The van der Waals surface area contributed by atoms with E-state index >= 15 is 0 Å². The van der Waals surface area contributed by atoms with E-state index in [1.54, 1.807) is 0 Å². The van der Waals surface area contributed by atoms with Crippen LogP contribution in [0, 0.1) is 0 Å². The minimum Gasteiger partial charge on any atom is -0.394 e. The van der Waals surface area contributed by atoms with Gasteiger partial charge in [-0.05, 0) is 12.1 Å². The molecule has 3 N–H and O–H groups in total. The minimum absolute atomic E-state index is 0.215. The molecule has 0 saturated heterocycles. The summed E-state index contributed by atoms with van der Waals surface area (Å²) in [5.74, 6) is 0.441. The lowest BCUT2D eigenvalue weighted by Gasteiger charge is -2.03. The monoisotopic (exact) mass is 224 g/mol. The summed E-state index contributed by atoms with van der Waals surface area (Å²) in [6.45, 7) is -0.215. The third-order valence-electron chi connectivity index (χ3n) is 1.99. The minimum atomic E-state index is -0.691. The maximum Gasteiger partial charge on any atom is 0.166 e. The third-order valence-corrected chi connectivity index (χ3v) is 3.01.